The smallest absolute Gasteiger partial charge is 0.139 e. The van der Waals surface area contributed by atoms with Crippen LogP contribution in [0.25, 0.3) is 0 Å². The summed E-state index contributed by atoms with van der Waals surface area (Å²) in [6, 6.07) is 26.8. The van der Waals surface area contributed by atoms with Gasteiger partial charge in [0, 0.05) is 18.1 Å². The van der Waals surface area contributed by atoms with Gasteiger partial charge in [0.25, 0.3) is 0 Å². The molecule has 0 fully saturated rings. The third kappa shape index (κ3) is 4.52. The van der Waals surface area contributed by atoms with Gasteiger partial charge in [0.1, 0.15) is 20.2 Å². The minimum Gasteiger partial charge on any atom is -0.489 e. The highest BCUT2D eigenvalue weighted by Gasteiger charge is 2.18. The third-order valence-electron chi connectivity index (χ3n) is 4.40. The number of ether oxygens (including phenoxy) is 1. The molecule has 3 aromatic carbocycles. The molecule has 1 N–H and O–H groups in total. The van der Waals surface area contributed by atoms with E-state index in [1.807, 2.05) is 42.5 Å². The molecular formula is C22H23BO2. The number of aliphatic hydroxyl groups excluding tert-OH is 1. The van der Waals surface area contributed by atoms with Crippen molar-refractivity contribution in [2.45, 2.75) is 18.9 Å². The molecule has 0 spiro atoms. The highest BCUT2D eigenvalue weighted by atomic mass is 16.5. The maximum Gasteiger partial charge on any atom is 0.139 e. The first-order chi connectivity index (χ1) is 12.3. The van der Waals surface area contributed by atoms with Crippen LogP contribution < -0.4 is 10.2 Å². The van der Waals surface area contributed by atoms with E-state index in [0.717, 1.165) is 16.9 Å². The first-order valence-corrected chi connectivity index (χ1v) is 8.71. The lowest BCUT2D eigenvalue weighted by atomic mass is 9.84. The van der Waals surface area contributed by atoms with E-state index in [4.69, 9.17) is 4.74 Å². The Morgan fingerprint density at radius 3 is 2.24 bits per heavy atom. The molecule has 3 heteroatoms. The maximum atomic E-state index is 9.59. The molecule has 0 heterocycles. The molecule has 0 saturated heterocycles. The Hall–Kier alpha value is -2.52. The number of rotatable bonds is 7. The minimum atomic E-state index is 0.122. The van der Waals surface area contributed by atoms with Crippen LogP contribution in [0.3, 0.4) is 0 Å². The Balaban J connectivity index is 1.91. The highest BCUT2D eigenvalue weighted by Crippen LogP contribution is 2.34. The van der Waals surface area contributed by atoms with Gasteiger partial charge in [-0.05, 0) is 23.6 Å². The number of hydrogen-bond donors (Lipinski definition) is 1. The van der Waals surface area contributed by atoms with E-state index in [9.17, 15) is 5.11 Å². The van der Waals surface area contributed by atoms with Crippen LogP contribution in [0.4, 0.5) is 0 Å². The summed E-state index contributed by atoms with van der Waals surface area (Å²) in [7, 11) is 2.09. The Labute approximate surface area is 150 Å². The SMILES string of the molecule is Bc1ccc(OCc2ccccc2)c(C(CCO)c2ccccc2)c1. The van der Waals surface area contributed by atoms with Crippen molar-refractivity contribution in [3.05, 3.63) is 95.6 Å². The fourth-order valence-corrected chi connectivity index (χ4v) is 3.12. The highest BCUT2D eigenvalue weighted by molar-refractivity contribution is 6.32. The lowest BCUT2D eigenvalue weighted by Gasteiger charge is -2.21. The van der Waals surface area contributed by atoms with Crippen LogP contribution in [-0.2, 0) is 6.61 Å². The molecular weight excluding hydrogens is 307 g/mol. The van der Waals surface area contributed by atoms with Gasteiger partial charge in [-0.25, -0.2) is 0 Å². The van der Waals surface area contributed by atoms with E-state index in [1.165, 1.54) is 11.0 Å². The van der Waals surface area contributed by atoms with Crippen molar-refractivity contribution in [1.29, 1.82) is 0 Å². The lowest BCUT2D eigenvalue weighted by molar-refractivity contribution is 0.276. The summed E-state index contributed by atoms with van der Waals surface area (Å²) in [5.74, 6) is 1.01. The van der Waals surface area contributed by atoms with E-state index in [0.29, 0.717) is 13.0 Å². The molecule has 0 amide bonds. The van der Waals surface area contributed by atoms with Crippen LogP contribution in [0.1, 0.15) is 29.0 Å². The average molecular weight is 330 g/mol. The average Bonchev–Trinajstić information content (AvgIpc) is 2.66. The molecule has 3 aromatic rings. The Kier molecular flexibility index (Phi) is 5.92. The Morgan fingerprint density at radius 1 is 0.880 bits per heavy atom. The number of aliphatic hydroxyl groups is 1. The van der Waals surface area contributed by atoms with Gasteiger partial charge in [0.2, 0.25) is 0 Å². The van der Waals surface area contributed by atoms with Gasteiger partial charge in [-0.3, -0.25) is 0 Å². The standard InChI is InChI=1S/C22H23BO2/c23-19-11-12-22(25-16-17-7-3-1-4-8-17)21(15-19)20(13-14-24)18-9-5-2-6-10-18/h1-12,15,20,24H,13-14,16,23H2. The van der Waals surface area contributed by atoms with Gasteiger partial charge in [0.05, 0.1) is 0 Å². The monoisotopic (exact) mass is 330 g/mol. The van der Waals surface area contributed by atoms with Crippen molar-refractivity contribution in [1.82, 2.24) is 0 Å². The molecule has 0 saturated carbocycles. The number of hydrogen-bond acceptors (Lipinski definition) is 2. The van der Waals surface area contributed by atoms with Crippen molar-refractivity contribution in [2.75, 3.05) is 6.61 Å². The van der Waals surface area contributed by atoms with Crippen molar-refractivity contribution in [2.24, 2.45) is 0 Å². The van der Waals surface area contributed by atoms with Crippen molar-refractivity contribution in [3.63, 3.8) is 0 Å². The Bertz CT molecular complexity index is 788. The van der Waals surface area contributed by atoms with Gasteiger partial charge in [-0.15, -0.1) is 0 Å². The fourth-order valence-electron chi connectivity index (χ4n) is 3.12. The quantitative estimate of drug-likeness (QED) is 0.675. The van der Waals surface area contributed by atoms with E-state index < -0.39 is 0 Å². The molecule has 0 aliphatic carbocycles. The van der Waals surface area contributed by atoms with Crippen molar-refractivity contribution >= 4 is 13.3 Å². The molecule has 2 nitrogen and oxygen atoms in total. The third-order valence-corrected chi connectivity index (χ3v) is 4.40. The zero-order valence-electron chi connectivity index (χ0n) is 14.6. The second-order valence-electron chi connectivity index (χ2n) is 6.29. The summed E-state index contributed by atoms with van der Waals surface area (Å²) in [5, 5.41) is 9.59. The zero-order chi connectivity index (χ0) is 17.5. The van der Waals surface area contributed by atoms with Crippen LogP contribution in [0.2, 0.25) is 0 Å². The maximum absolute atomic E-state index is 9.59. The summed E-state index contributed by atoms with van der Waals surface area (Å²) in [6.45, 7) is 0.684. The molecule has 0 radical (unpaired) electrons. The van der Waals surface area contributed by atoms with E-state index in [1.54, 1.807) is 0 Å². The van der Waals surface area contributed by atoms with Crippen LogP contribution in [0.5, 0.6) is 5.75 Å². The topological polar surface area (TPSA) is 29.5 Å². The molecule has 1 atom stereocenters. The van der Waals surface area contributed by atoms with Gasteiger partial charge in [-0.2, -0.15) is 0 Å². The molecule has 0 aromatic heterocycles. The van der Waals surface area contributed by atoms with Gasteiger partial charge in [0.15, 0.2) is 0 Å². The molecule has 1 unspecified atom stereocenters. The van der Waals surface area contributed by atoms with Crippen molar-refractivity contribution in [3.8, 4) is 5.75 Å². The van der Waals surface area contributed by atoms with Crippen LogP contribution in [0.15, 0.2) is 78.9 Å². The summed E-state index contributed by atoms with van der Waals surface area (Å²) >= 11 is 0. The van der Waals surface area contributed by atoms with E-state index in [2.05, 4.69) is 44.2 Å². The van der Waals surface area contributed by atoms with Crippen LogP contribution >= 0.6 is 0 Å². The Morgan fingerprint density at radius 2 is 1.56 bits per heavy atom. The summed E-state index contributed by atoms with van der Waals surface area (Å²) in [5.41, 5.74) is 4.68. The lowest BCUT2D eigenvalue weighted by Crippen LogP contribution is -2.12. The largest absolute Gasteiger partial charge is 0.489 e. The zero-order valence-corrected chi connectivity index (χ0v) is 14.6. The van der Waals surface area contributed by atoms with Gasteiger partial charge < -0.3 is 9.84 Å². The van der Waals surface area contributed by atoms with E-state index in [-0.39, 0.29) is 12.5 Å². The second kappa shape index (κ2) is 8.54. The van der Waals surface area contributed by atoms with Crippen LogP contribution in [-0.4, -0.2) is 19.6 Å². The first-order valence-electron chi connectivity index (χ1n) is 8.71. The summed E-state index contributed by atoms with van der Waals surface area (Å²) < 4.78 is 6.15. The van der Waals surface area contributed by atoms with Gasteiger partial charge in [-0.1, -0.05) is 78.3 Å². The minimum absolute atomic E-state index is 0.122. The number of benzene rings is 3. The fraction of sp³-hybridized carbons (Fsp3) is 0.182. The molecule has 0 aliphatic rings. The second-order valence-corrected chi connectivity index (χ2v) is 6.29. The summed E-state index contributed by atoms with van der Waals surface area (Å²) in [6.07, 6.45) is 0.676. The molecule has 0 bridgehead atoms. The normalized spacial score (nSPS) is 11.9. The molecule has 0 aliphatic heterocycles. The van der Waals surface area contributed by atoms with E-state index >= 15 is 0 Å². The molecule has 25 heavy (non-hydrogen) atoms. The van der Waals surface area contributed by atoms with Crippen molar-refractivity contribution < 1.29 is 9.84 Å². The summed E-state index contributed by atoms with van der Waals surface area (Å²) in [4.78, 5) is 0. The predicted molar refractivity (Wildman–Crippen MR) is 105 cm³/mol. The molecule has 3 rings (SSSR count). The van der Waals surface area contributed by atoms with Gasteiger partial charge >= 0.3 is 0 Å². The first kappa shape index (κ1) is 17.3. The predicted octanol–water partition coefficient (Wildman–Crippen LogP) is 3.04. The van der Waals surface area contributed by atoms with Crippen LogP contribution in [0, 0.1) is 0 Å². The molecule has 126 valence electrons.